The first-order valence-electron chi connectivity index (χ1n) is 14.3. The molecule has 0 bridgehead atoms. The van der Waals surface area contributed by atoms with Crippen LogP contribution in [0.4, 0.5) is 4.39 Å². The Hall–Kier alpha value is -3.90. The van der Waals surface area contributed by atoms with Crippen LogP contribution < -0.4 is 10.9 Å². The zero-order valence-corrected chi connectivity index (χ0v) is 24.6. The van der Waals surface area contributed by atoms with Crippen molar-refractivity contribution in [3.63, 3.8) is 0 Å². The number of benzene rings is 1. The van der Waals surface area contributed by atoms with Crippen LogP contribution >= 0.6 is 11.3 Å². The summed E-state index contributed by atoms with van der Waals surface area (Å²) in [5.41, 5.74) is 1.82. The van der Waals surface area contributed by atoms with Gasteiger partial charge in [-0.05, 0) is 50.8 Å². The number of fused-ring (bicyclic) bond motifs is 1. The number of imidazole rings is 1. The summed E-state index contributed by atoms with van der Waals surface area (Å²) in [6.45, 7) is 6.87. The molecule has 3 aromatic heterocycles. The normalized spacial score (nSPS) is 18.9. The molecule has 220 valence electrons. The van der Waals surface area contributed by atoms with Crippen molar-refractivity contribution in [2.24, 2.45) is 0 Å². The van der Waals surface area contributed by atoms with Gasteiger partial charge in [0.15, 0.2) is 0 Å². The van der Waals surface area contributed by atoms with Gasteiger partial charge < -0.3 is 19.5 Å². The van der Waals surface area contributed by atoms with E-state index < -0.39 is 5.82 Å². The van der Waals surface area contributed by atoms with Gasteiger partial charge >= 0.3 is 0 Å². The van der Waals surface area contributed by atoms with Crippen molar-refractivity contribution in [3.8, 4) is 10.7 Å². The Kier molecular flexibility index (Phi) is 7.67. The molecule has 12 heteroatoms. The molecular weight excluding hydrogens is 559 g/mol. The lowest BCUT2D eigenvalue weighted by Crippen LogP contribution is -2.49. The summed E-state index contributed by atoms with van der Waals surface area (Å²) in [6.07, 6.45) is 7.68. The minimum Gasteiger partial charge on any atom is -0.372 e. The fourth-order valence-electron chi connectivity index (χ4n) is 5.45. The van der Waals surface area contributed by atoms with Crippen molar-refractivity contribution in [2.45, 2.75) is 71.2 Å². The lowest BCUT2D eigenvalue weighted by Gasteiger charge is -2.35. The smallest absolute Gasteiger partial charge is 0.262 e. The number of rotatable bonds is 8. The third-order valence-electron chi connectivity index (χ3n) is 7.62. The number of morpholine rings is 1. The topological polar surface area (TPSA) is 111 Å². The lowest BCUT2D eigenvalue weighted by atomic mass is 10.0. The molecule has 1 aliphatic heterocycles. The summed E-state index contributed by atoms with van der Waals surface area (Å²) in [5, 5.41) is 3.51. The maximum atomic E-state index is 14.0. The zero-order valence-electron chi connectivity index (χ0n) is 23.8. The largest absolute Gasteiger partial charge is 0.372 e. The molecule has 2 amide bonds. The zero-order chi connectivity index (χ0) is 29.5. The van der Waals surface area contributed by atoms with Crippen LogP contribution in [0.25, 0.3) is 16.5 Å². The van der Waals surface area contributed by atoms with E-state index in [4.69, 9.17) is 9.72 Å². The second-order valence-corrected chi connectivity index (χ2v) is 12.2. The van der Waals surface area contributed by atoms with Crippen molar-refractivity contribution in [1.29, 1.82) is 0 Å². The average Bonchev–Trinajstić information content (AvgIpc) is 3.49. The van der Waals surface area contributed by atoms with Crippen molar-refractivity contribution >= 4 is 28.9 Å². The molecule has 0 spiro atoms. The van der Waals surface area contributed by atoms with Crippen molar-refractivity contribution in [1.82, 2.24) is 29.2 Å². The Morgan fingerprint density at radius 2 is 1.93 bits per heavy atom. The number of hydrogen-bond donors (Lipinski definition) is 1. The van der Waals surface area contributed by atoms with Crippen LogP contribution in [0.1, 0.15) is 60.0 Å². The van der Waals surface area contributed by atoms with Crippen LogP contribution in [-0.4, -0.2) is 67.0 Å². The highest BCUT2D eigenvalue weighted by atomic mass is 32.1. The summed E-state index contributed by atoms with van der Waals surface area (Å²) in [7, 11) is 0. The van der Waals surface area contributed by atoms with Gasteiger partial charge in [0.1, 0.15) is 23.1 Å². The molecule has 1 saturated heterocycles. The molecule has 10 nitrogen and oxygen atoms in total. The second-order valence-electron chi connectivity index (χ2n) is 11.1. The van der Waals surface area contributed by atoms with Crippen LogP contribution in [0.2, 0.25) is 0 Å². The molecular formula is C30H33FN6O4S. The van der Waals surface area contributed by atoms with Crippen LogP contribution in [-0.2, 0) is 28.9 Å². The standard InChI is InChI=1S/C30H33FN6O4S/c1-4-23-26(28-32-13-22(42-28)11-19-5-6-20(31)12-24(19)27(39)33-21-7-8-21)34-30-35(9-10-37(30)29(23)40)16-25(38)36-14-17(2)41-18(3)15-36/h5-6,9-10,12-13,17-18,21H,4,7-8,11,14-16H2,1-3H3,(H,33,39). The van der Waals surface area contributed by atoms with E-state index in [0.29, 0.717) is 59.1 Å². The van der Waals surface area contributed by atoms with Gasteiger partial charge in [-0.15, -0.1) is 11.3 Å². The number of nitrogens with zero attached hydrogens (tertiary/aromatic N) is 5. The van der Waals surface area contributed by atoms with Gasteiger partial charge in [0.2, 0.25) is 11.7 Å². The Morgan fingerprint density at radius 3 is 2.64 bits per heavy atom. The van der Waals surface area contributed by atoms with Gasteiger partial charge in [0.05, 0.1) is 12.2 Å². The average molecular weight is 593 g/mol. The summed E-state index contributed by atoms with van der Waals surface area (Å²) in [5.74, 6) is -0.442. The quantitative estimate of drug-likeness (QED) is 0.336. The third kappa shape index (κ3) is 5.73. The molecule has 4 heterocycles. The molecule has 1 aromatic carbocycles. The maximum Gasteiger partial charge on any atom is 0.262 e. The number of nitrogens with one attached hydrogen (secondary N) is 1. The first-order chi connectivity index (χ1) is 20.2. The number of amides is 2. The van der Waals surface area contributed by atoms with Gasteiger partial charge in [-0.3, -0.25) is 18.8 Å². The van der Waals surface area contributed by atoms with Gasteiger partial charge in [-0.1, -0.05) is 13.0 Å². The highest BCUT2D eigenvalue weighted by Crippen LogP contribution is 2.29. The van der Waals surface area contributed by atoms with Crippen molar-refractivity contribution < 1.29 is 18.7 Å². The predicted molar refractivity (Wildman–Crippen MR) is 156 cm³/mol. The lowest BCUT2D eigenvalue weighted by molar-refractivity contribution is -0.143. The van der Waals surface area contributed by atoms with Crippen LogP contribution in [0.5, 0.6) is 0 Å². The molecule has 6 rings (SSSR count). The highest BCUT2D eigenvalue weighted by Gasteiger charge is 2.28. The number of carbonyl (C=O) groups is 2. The first kappa shape index (κ1) is 28.2. The number of halogens is 1. The van der Waals surface area contributed by atoms with Crippen molar-refractivity contribution in [3.05, 3.63) is 74.5 Å². The maximum absolute atomic E-state index is 14.0. The highest BCUT2D eigenvalue weighted by molar-refractivity contribution is 7.15. The monoisotopic (exact) mass is 592 g/mol. The Bertz CT molecular complexity index is 1710. The van der Waals surface area contributed by atoms with E-state index in [0.717, 1.165) is 17.7 Å². The number of ether oxygens (including phenoxy) is 1. The van der Waals surface area contributed by atoms with E-state index in [-0.39, 0.29) is 42.2 Å². The number of carbonyl (C=O) groups excluding carboxylic acids is 2. The number of thiazole rings is 1. The Morgan fingerprint density at radius 1 is 1.17 bits per heavy atom. The van der Waals surface area contributed by atoms with Crippen LogP contribution in [0.15, 0.2) is 41.6 Å². The minimum absolute atomic E-state index is 0.0452. The molecule has 1 N–H and O–H groups in total. The molecule has 2 fully saturated rings. The molecule has 1 saturated carbocycles. The predicted octanol–water partition coefficient (Wildman–Crippen LogP) is 3.44. The summed E-state index contributed by atoms with van der Waals surface area (Å²) < 4.78 is 23.0. The summed E-state index contributed by atoms with van der Waals surface area (Å²) in [6, 6.07) is 4.41. The number of hydrogen-bond acceptors (Lipinski definition) is 7. The van der Waals surface area contributed by atoms with E-state index in [1.165, 1.54) is 27.9 Å². The third-order valence-corrected chi connectivity index (χ3v) is 8.63. The van der Waals surface area contributed by atoms with E-state index >= 15 is 0 Å². The fourth-order valence-corrected chi connectivity index (χ4v) is 6.40. The SMILES string of the molecule is CCc1c(-c2ncc(Cc3ccc(F)cc3C(=O)NC3CC3)s2)nc2n(CC(=O)N3CC(C)OC(C)C3)ccn2c1=O. The fraction of sp³-hybridized carbons (Fsp3) is 0.433. The summed E-state index contributed by atoms with van der Waals surface area (Å²) in [4.78, 5) is 51.5. The van der Waals surface area contributed by atoms with Gasteiger partial charge in [-0.2, -0.15) is 0 Å². The molecule has 1 aliphatic carbocycles. The van der Waals surface area contributed by atoms with Gasteiger partial charge in [-0.25, -0.2) is 14.4 Å². The summed E-state index contributed by atoms with van der Waals surface area (Å²) >= 11 is 1.38. The Balaban J connectivity index is 1.29. The molecule has 4 aromatic rings. The second kappa shape index (κ2) is 11.4. The number of aromatic nitrogens is 4. The van der Waals surface area contributed by atoms with E-state index in [1.807, 2.05) is 20.8 Å². The minimum atomic E-state index is -0.464. The van der Waals surface area contributed by atoms with Gasteiger partial charge in [0, 0.05) is 60.1 Å². The van der Waals surface area contributed by atoms with Crippen LogP contribution in [0, 0.1) is 5.82 Å². The molecule has 2 atom stereocenters. The Labute approximate surface area is 246 Å². The first-order valence-corrected chi connectivity index (χ1v) is 15.1. The van der Waals surface area contributed by atoms with E-state index in [2.05, 4.69) is 10.3 Å². The molecule has 0 radical (unpaired) electrons. The van der Waals surface area contributed by atoms with Crippen LogP contribution in [0.3, 0.4) is 0 Å². The van der Waals surface area contributed by atoms with E-state index in [9.17, 15) is 18.8 Å². The molecule has 42 heavy (non-hydrogen) atoms. The molecule has 2 unspecified atom stereocenters. The molecule has 2 aliphatic rings. The van der Waals surface area contributed by atoms with Gasteiger partial charge in [0.25, 0.3) is 11.5 Å². The van der Waals surface area contributed by atoms with Crippen molar-refractivity contribution in [2.75, 3.05) is 13.1 Å². The van der Waals surface area contributed by atoms with E-state index in [1.54, 1.807) is 34.1 Å².